The Bertz CT molecular complexity index is 1980. The topological polar surface area (TPSA) is 30.4 Å². The third-order valence-corrected chi connectivity index (χ3v) is 6.77. The highest BCUT2D eigenvalue weighted by Gasteiger charge is 2.19. The van der Waals surface area contributed by atoms with Crippen molar-refractivity contribution in [3.63, 3.8) is 0 Å². The second-order valence-corrected chi connectivity index (χ2v) is 8.45. The van der Waals surface area contributed by atoms with Gasteiger partial charge in [-0.1, -0.05) is 48.5 Å². The molecule has 8 rings (SSSR count). The lowest BCUT2D eigenvalue weighted by molar-refractivity contribution is 0.669. The van der Waals surface area contributed by atoms with Gasteiger partial charge in [-0.05, 0) is 42.5 Å². The van der Waals surface area contributed by atoms with Gasteiger partial charge in [0.1, 0.15) is 11.2 Å². The van der Waals surface area contributed by atoms with Gasteiger partial charge >= 0.3 is 0 Å². The molecule has 0 fully saturated rings. The van der Waals surface area contributed by atoms with E-state index in [0.29, 0.717) is 0 Å². The Morgan fingerprint density at radius 2 is 1.38 bits per heavy atom. The molecule has 0 saturated carbocycles. The summed E-state index contributed by atoms with van der Waals surface area (Å²) in [6.07, 6.45) is 1.85. The lowest BCUT2D eigenvalue weighted by Crippen LogP contribution is -1.84. The number of fused-ring (bicyclic) bond motifs is 9. The van der Waals surface area contributed by atoms with Crippen molar-refractivity contribution in [3.8, 4) is 11.3 Å². The number of rotatable bonds is 1. The van der Waals surface area contributed by atoms with Crippen LogP contribution in [0, 0.1) is 0 Å². The fraction of sp³-hybridized carbons (Fsp3) is 0. The highest BCUT2D eigenvalue weighted by molar-refractivity contribution is 6.25. The van der Waals surface area contributed by atoms with Gasteiger partial charge < -0.3 is 8.82 Å². The van der Waals surface area contributed by atoms with Crippen LogP contribution in [0.5, 0.6) is 0 Å². The van der Waals surface area contributed by atoms with Gasteiger partial charge in [0.25, 0.3) is 0 Å². The number of nitrogens with zero attached hydrogens (tertiary/aromatic N) is 2. The molecular formula is C29H16N2O. The van der Waals surface area contributed by atoms with Crippen molar-refractivity contribution in [3.05, 3.63) is 97.2 Å². The molecule has 4 aromatic heterocycles. The zero-order valence-electron chi connectivity index (χ0n) is 17.0. The number of aromatic nitrogens is 2. The summed E-state index contributed by atoms with van der Waals surface area (Å²) in [6.45, 7) is 0. The Hall–Kier alpha value is -4.37. The van der Waals surface area contributed by atoms with Crippen LogP contribution in [0.25, 0.3) is 71.3 Å². The maximum Gasteiger partial charge on any atom is 0.136 e. The summed E-state index contributed by atoms with van der Waals surface area (Å²) >= 11 is 0. The van der Waals surface area contributed by atoms with Crippen molar-refractivity contribution in [2.24, 2.45) is 0 Å². The quantitative estimate of drug-likeness (QED) is 0.277. The number of benzene rings is 4. The van der Waals surface area contributed by atoms with E-state index in [-0.39, 0.29) is 0 Å². The Labute approximate surface area is 182 Å². The molecule has 4 heterocycles. The minimum atomic E-state index is 0.932. The Morgan fingerprint density at radius 1 is 0.562 bits per heavy atom. The molecule has 4 aromatic carbocycles. The van der Waals surface area contributed by atoms with Crippen LogP contribution in [0.4, 0.5) is 0 Å². The fourth-order valence-corrected chi connectivity index (χ4v) is 5.39. The van der Waals surface area contributed by atoms with E-state index in [2.05, 4.69) is 76.1 Å². The minimum Gasteiger partial charge on any atom is -0.456 e. The van der Waals surface area contributed by atoms with Crippen molar-refractivity contribution < 1.29 is 4.42 Å². The summed E-state index contributed by atoms with van der Waals surface area (Å²) in [5.41, 5.74) is 7.72. The SMILES string of the molecule is c1ccc(-c2ccc3c(c2)c2cccc4c5cc6oc7ccccc7c6cc5n3c24)nc1. The van der Waals surface area contributed by atoms with E-state index in [4.69, 9.17) is 4.42 Å². The Morgan fingerprint density at radius 3 is 2.25 bits per heavy atom. The van der Waals surface area contributed by atoms with E-state index in [0.717, 1.165) is 33.2 Å². The molecule has 148 valence electrons. The second kappa shape index (κ2) is 5.65. The zero-order valence-corrected chi connectivity index (χ0v) is 17.0. The van der Waals surface area contributed by atoms with Crippen molar-refractivity contribution in [2.45, 2.75) is 0 Å². The smallest absolute Gasteiger partial charge is 0.136 e. The maximum atomic E-state index is 6.18. The summed E-state index contributed by atoms with van der Waals surface area (Å²) in [5.74, 6) is 0. The maximum absolute atomic E-state index is 6.18. The van der Waals surface area contributed by atoms with Gasteiger partial charge in [0.15, 0.2) is 0 Å². The van der Waals surface area contributed by atoms with E-state index in [1.165, 1.54) is 38.1 Å². The molecule has 0 spiro atoms. The van der Waals surface area contributed by atoms with Crippen LogP contribution in [0.1, 0.15) is 0 Å². The summed E-state index contributed by atoms with van der Waals surface area (Å²) in [4.78, 5) is 4.55. The molecule has 32 heavy (non-hydrogen) atoms. The standard InChI is InChI=1S/C29H16N2O/c1-2-10-27-18(6-1)23-15-26-22(16-28(23)32-27)20-8-5-7-19-21-14-17(24-9-3-4-13-30-24)11-12-25(21)31(26)29(19)20/h1-16H. The first kappa shape index (κ1) is 16.3. The molecule has 3 nitrogen and oxygen atoms in total. The predicted octanol–water partition coefficient (Wildman–Crippen LogP) is 7.80. The van der Waals surface area contributed by atoms with Crippen LogP contribution in [-0.2, 0) is 0 Å². The first-order chi connectivity index (χ1) is 15.9. The van der Waals surface area contributed by atoms with Crippen LogP contribution in [0.3, 0.4) is 0 Å². The molecule has 0 amide bonds. The minimum absolute atomic E-state index is 0.932. The molecule has 0 unspecified atom stereocenters. The fourth-order valence-electron chi connectivity index (χ4n) is 5.39. The number of para-hydroxylation sites is 2. The van der Waals surface area contributed by atoms with Crippen molar-refractivity contribution in [2.75, 3.05) is 0 Å². The zero-order chi connectivity index (χ0) is 20.8. The molecule has 0 saturated heterocycles. The van der Waals surface area contributed by atoms with E-state index >= 15 is 0 Å². The van der Waals surface area contributed by atoms with Gasteiger partial charge in [-0.2, -0.15) is 0 Å². The summed E-state index contributed by atoms with van der Waals surface area (Å²) in [5, 5.41) is 7.34. The number of pyridine rings is 1. The van der Waals surface area contributed by atoms with Gasteiger partial charge in [0.2, 0.25) is 0 Å². The lowest BCUT2D eigenvalue weighted by atomic mass is 10.0. The molecule has 0 atom stereocenters. The Kier molecular flexibility index (Phi) is 2.89. The number of furan rings is 1. The van der Waals surface area contributed by atoms with Crippen LogP contribution in [0.2, 0.25) is 0 Å². The molecule has 8 aromatic rings. The van der Waals surface area contributed by atoms with E-state index in [1.54, 1.807) is 0 Å². The molecule has 3 heteroatoms. The van der Waals surface area contributed by atoms with Gasteiger partial charge in [-0.15, -0.1) is 0 Å². The normalized spacial score (nSPS) is 12.4. The Balaban J connectivity index is 1.56. The molecule has 0 bridgehead atoms. The average molecular weight is 408 g/mol. The first-order valence-corrected chi connectivity index (χ1v) is 10.8. The highest BCUT2D eigenvalue weighted by Crippen LogP contribution is 2.42. The third-order valence-electron chi connectivity index (χ3n) is 6.77. The van der Waals surface area contributed by atoms with Crippen molar-refractivity contribution in [1.82, 2.24) is 9.38 Å². The predicted molar refractivity (Wildman–Crippen MR) is 132 cm³/mol. The van der Waals surface area contributed by atoms with Crippen molar-refractivity contribution in [1.29, 1.82) is 0 Å². The van der Waals surface area contributed by atoms with E-state index < -0.39 is 0 Å². The molecular weight excluding hydrogens is 392 g/mol. The highest BCUT2D eigenvalue weighted by atomic mass is 16.3. The van der Waals surface area contributed by atoms with Gasteiger partial charge in [0, 0.05) is 44.1 Å². The second-order valence-electron chi connectivity index (χ2n) is 8.45. The van der Waals surface area contributed by atoms with Crippen LogP contribution >= 0.6 is 0 Å². The molecule has 0 radical (unpaired) electrons. The first-order valence-electron chi connectivity index (χ1n) is 10.8. The van der Waals surface area contributed by atoms with Crippen LogP contribution in [-0.4, -0.2) is 9.38 Å². The van der Waals surface area contributed by atoms with Crippen LogP contribution in [0.15, 0.2) is 102 Å². The van der Waals surface area contributed by atoms with E-state index in [1.807, 2.05) is 30.5 Å². The molecule has 0 aliphatic heterocycles. The average Bonchev–Trinajstić information content (AvgIpc) is 3.49. The largest absolute Gasteiger partial charge is 0.456 e. The lowest BCUT2D eigenvalue weighted by Gasteiger charge is -2.02. The molecule has 0 N–H and O–H groups in total. The van der Waals surface area contributed by atoms with Gasteiger partial charge in [0.05, 0.1) is 22.2 Å². The van der Waals surface area contributed by atoms with Crippen molar-refractivity contribution >= 4 is 60.0 Å². The van der Waals surface area contributed by atoms with Gasteiger partial charge in [-0.3, -0.25) is 4.98 Å². The summed E-state index contributed by atoms with van der Waals surface area (Å²) in [7, 11) is 0. The third kappa shape index (κ3) is 1.94. The molecule has 0 aliphatic carbocycles. The number of hydrogen-bond acceptors (Lipinski definition) is 2. The monoisotopic (exact) mass is 408 g/mol. The van der Waals surface area contributed by atoms with Crippen LogP contribution < -0.4 is 0 Å². The summed E-state index contributed by atoms with van der Waals surface area (Å²) in [6, 6.07) is 32.1. The van der Waals surface area contributed by atoms with Gasteiger partial charge in [-0.25, -0.2) is 0 Å². The molecule has 0 aliphatic rings. The summed E-state index contributed by atoms with van der Waals surface area (Å²) < 4.78 is 8.60. The number of hydrogen-bond donors (Lipinski definition) is 0. The van der Waals surface area contributed by atoms with E-state index in [9.17, 15) is 0 Å².